The van der Waals surface area contributed by atoms with Crippen molar-refractivity contribution in [2.75, 3.05) is 0 Å². The Morgan fingerprint density at radius 2 is 2.00 bits per heavy atom. The third kappa shape index (κ3) is 5.38. The molecule has 3 heteroatoms. The molecule has 0 aliphatic carbocycles. The zero-order chi connectivity index (χ0) is 5.15. The zero-order valence-corrected chi connectivity index (χ0v) is 4.27. The molecule has 0 aromatic heterocycles. The van der Waals surface area contributed by atoms with Crippen LogP contribution >= 0.6 is 0 Å². The van der Waals surface area contributed by atoms with Crippen molar-refractivity contribution >= 4 is 16.1 Å². The monoisotopic (exact) mass is 97.1 g/mol. The Bertz CT molecular complexity index is 82.6. The van der Waals surface area contributed by atoms with Crippen molar-refractivity contribution in [2.45, 2.75) is 6.92 Å². The van der Waals surface area contributed by atoms with Gasteiger partial charge >= 0.3 is 16.1 Å². The van der Waals surface area contributed by atoms with Crippen LogP contribution in [-0.2, 0) is 4.79 Å². The van der Waals surface area contributed by atoms with Crippen LogP contribution in [-0.4, -0.2) is 21.2 Å². The number of carbonyl (C=O) groups is 1. The SMILES string of the molecule is C=C(C)C(=O)O.[Be+2].[H-].[H-]. The third-order valence-corrected chi connectivity index (χ3v) is 0.365. The molecule has 0 amide bonds. The van der Waals surface area contributed by atoms with Crippen LogP contribution in [0.1, 0.15) is 9.78 Å². The van der Waals surface area contributed by atoms with Crippen LogP contribution in [0.5, 0.6) is 0 Å². The number of hydrogen-bond donors (Lipinski definition) is 1. The van der Waals surface area contributed by atoms with E-state index in [0.717, 1.165) is 0 Å². The average Bonchev–Trinajstić information content (AvgIpc) is 1.36. The van der Waals surface area contributed by atoms with Gasteiger partial charge < -0.3 is 7.96 Å². The molecule has 0 unspecified atom stereocenters. The summed E-state index contributed by atoms with van der Waals surface area (Å²) in [5.41, 5.74) is 0.176. The van der Waals surface area contributed by atoms with Crippen LogP contribution in [0.25, 0.3) is 0 Å². The van der Waals surface area contributed by atoms with Gasteiger partial charge in [0.05, 0.1) is 0 Å². The van der Waals surface area contributed by atoms with Crippen LogP contribution < -0.4 is 0 Å². The first-order valence-corrected chi connectivity index (χ1v) is 1.53. The molecule has 0 heterocycles. The topological polar surface area (TPSA) is 37.3 Å². The summed E-state index contributed by atoms with van der Waals surface area (Å²) in [5.74, 6) is -0.935. The van der Waals surface area contributed by atoms with Crippen LogP contribution in [0, 0.1) is 0 Å². The zero-order valence-electron chi connectivity index (χ0n) is 6.27. The van der Waals surface area contributed by atoms with Crippen molar-refractivity contribution < 1.29 is 12.8 Å². The first kappa shape index (κ1) is 9.62. The van der Waals surface area contributed by atoms with Crippen LogP contribution in [0.4, 0.5) is 0 Å². The van der Waals surface area contributed by atoms with E-state index in [0.29, 0.717) is 0 Å². The summed E-state index contributed by atoms with van der Waals surface area (Å²) < 4.78 is 0. The Kier molecular flexibility index (Phi) is 4.90. The number of carboxylic acids is 1. The van der Waals surface area contributed by atoms with Gasteiger partial charge in [0.25, 0.3) is 0 Å². The maximum absolute atomic E-state index is 9.60. The summed E-state index contributed by atoms with van der Waals surface area (Å²) >= 11 is 0. The standard InChI is InChI=1S/C4H6O2.Be.2H/c1-3(2)4(5)6;;;/h1H2,2H3,(H,5,6);;;/q;+2;2*-1. The molecule has 0 spiro atoms. The van der Waals surface area contributed by atoms with Gasteiger partial charge in [-0.2, -0.15) is 0 Å². The average molecular weight is 97.1 g/mol. The second-order valence-electron chi connectivity index (χ2n) is 1.09. The van der Waals surface area contributed by atoms with Crippen LogP contribution in [0.2, 0.25) is 0 Å². The first-order chi connectivity index (χ1) is 2.64. The largest absolute Gasteiger partial charge is 2.00 e. The summed E-state index contributed by atoms with van der Waals surface area (Å²) in [6.45, 7) is 4.60. The van der Waals surface area contributed by atoms with E-state index in [1.54, 1.807) is 0 Å². The van der Waals surface area contributed by atoms with E-state index in [-0.39, 0.29) is 18.5 Å². The van der Waals surface area contributed by atoms with Crippen molar-refractivity contribution in [3.05, 3.63) is 12.2 Å². The van der Waals surface area contributed by atoms with Crippen molar-refractivity contribution in [2.24, 2.45) is 0 Å². The van der Waals surface area contributed by atoms with E-state index in [1.807, 2.05) is 0 Å². The molecule has 0 rings (SSSR count). The van der Waals surface area contributed by atoms with Crippen molar-refractivity contribution in [1.82, 2.24) is 0 Å². The van der Waals surface area contributed by atoms with E-state index < -0.39 is 5.97 Å². The maximum atomic E-state index is 9.60. The third-order valence-electron chi connectivity index (χ3n) is 0.365. The van der Waals surface area contributed by atoms with Crippen LogP contribution in [0.3, 0.4) is 0 Å². The Morgan fingerprint density at radius 1 is 1.86 bits per heavy atom. The molecule has 38 valence electrons. The smallest absolute Gasteiger partial charge is 1.00 e. The molecular weight excluding hydrogens is 89.1 g/mol. The van der Waals surface area contributed by atoms with Gasteiger partial charge in [0, 0.05) is 5.57 Å². The fourth-order valence-corrected chi connectivity index (χ4v) is 0. The quantitative estimate of drug-likeness (QED) is 0.382. The molecule has 0 saturated heterocycles. The molecule has 0 aromatic carbocycles. The minimum absolute atomic E-state index is 0. The van der Waals surface area contributed by atoms with Gasteiger partial charge in [0.1, 0.15) is 0 Å². The molecule has 0 aliphatic heterocycles. The van der Waals surface area contributed by atoms with Crippen LogP contribution in [0.15, 0.2) is 12.2 Å². The van der Waals surface area contributed by atoms with Gasteiger partial charge in [-0.05, 0) is 6.92 Å². The number of hydrogen-bond acceptors (Lipinski definition) is 1. The van der Waals surface area contributed by atoms with Gasteiger partial charge in [-0.15, -0.1) is 0 Å². The molecule has 1 N–H and O–H groups in total. The van der Waals surface area contributed by atoms with Gasteiger partial charge in [0.2, 0.25) is 0 Å². The molecule has 0 aromatic rings. The van der Waals surface area contributed by atoms with E-state index in [1.165, 1.54) is 6.92 Å². The Hall–Kier alpha value is -0.621. The molecule has 0 radical (unpaired) electrons. The van der Waals surface area contributed by atoms with Crippen molar-refractivity contribution in [1.29, 1.82) is 0 Å². The van der Waals surface area contributed by atoms with Crippen molar-refractivity contribution in [3.63, 3.8) is 0 Å². The fraction of sp³-hybridized carbons (Fsp3) is 0.250. The molecule has 0 aliphatic rings. The number of aliphatic carboxylic acids is 1. The Balaban J connectivity index is -0.0000000417. The molecule has 0 fully saturated rings. The maximum Gasteiger partial charge on any atom is 2.00 e. The number of rotatable bonds is 1. The fourth-order valence-electron chi connectivity index (χ4n) is 0. The van der Waals surface area contributed by atoms with Crippen molar-refractivity contribution in [3.8, 4) is 0 Å². The molecule has 0 bridgehead atoms. The van der Waals surface area contributed by atoms with E-state index >= 15 is 0 Å². The normalized spacial score (nSPS) is 6.43. The molecular formula is C4H8BeO2. The van der Waals surface area contributed by atoms with Gasteiger partial charge in [0.15, 0.2) is 0 Å². The molecule has 0 saturated carbocycles. The predicted molar refractivity (Wildman–Crippen MR) is 30.4 cm³/mol. The molecule has 0 atom stereocenters. The van der Waals surface area contributed by atoms with Gasteiger partial charge in [-0.3, -0.25) is 0 Å². The summed E-state index contributed by atoms with van der Waals surface area (Å²) in [7, 11) is 0. The van der Waals surface area contributed by atoms with E-state index in [4.69, 9.17) is 5.11 Å². The second kappa shape index (κ2) is 3.56. The van der Waals surface area contributed by atoms with Gasteiger partial charge in [-0.1, -0.05) is 6.58 Å². The summed E-state index contributed by atoms with van der Waals surface area (Å²) in [6.07, 6.45) is 0. The molecule has 7 heavy (non-hydrogen) atoms. The summed E-state index contributed by atoms with van der Waals surface area (Å²) in [5, 5.41) is 7.89. The predicted octanol–water partition coefficient (Wildman–Crippen LogP) is 0.491. The Morgan fingerprint density at radius 3 is 2.00 bits per heavy atom. The minimum atomic E-state index is -0.935. The number of carboxylic acid groups (broad SMARTS) is 1. The molecule has 2 nitrogen and oxygen atoms in total. The second-order valence-corrected chi connectivity index (χ2v) is 1.09. The van der Waals surface area contributed by atoms with E-state index in [2.05, 4.69) is 6.58 Å². The minimum Gasteiger partial charge on any atom is -1.00 e. The van der Waals surface area contributed by atoms with Gasteiger partial charge in [-0.25, -0.2) is 4.79 Å². The van der Waals surface area contributed by atoms with E-state index in [9.17, 15) is 4.79 Å². The first-order valence-electron chi connectivity index (χ1n) is 1.53. The summed E-state index contributed by atoms with van der Waals surface area (Å²) in [4.78, 5) is 9.60. The summed E-state index contributed by atoms with van der Waals surface area (Å²) in [6, 6.07) is 0. The Labute approximate surface area is 49.0 Å².